The second-order valence-electron chi connectivity index (χ2n) is 4.91. The third kappa shape index (κ3) is 2.27. The molecule has 0 saturated heterocycles. The highest BCUT2D eigenvalue weighted by molar-refractivity contribution is 5.83. The SMILES string of the molecule is CC[C@@](O)(c1ccccc1)[C@@H]1CCCCC1=O. The van der Waals surface area contributed by atoms with E-state index in [1.807, 2.05) is 37.3 Å². The molecule has 0 bridgehead atoms. The van der Waals surface area contributed by atoms with Gasteiger partial charge in [0.25, 0.3) is 0 Å². The van der Waals surface area contributed by atoms with Gasteiger partial charge in [-0.2, -0.15) is 0 Å². The molecule has 0 aliphatic heterocycles. The molecule has 2 heteroatoms. The molecule has 0 heterocycles. The van der Waals surface area contributed by atoms with E-state index < -0.39 is 5.60 Å². The fourth-order valence-electron chi connectivity index (χ4n) is 2.87. The molecule has 0 unspecified atom stereocenters. The van der Waals surface area contributed by atoms with Crippen molar-refractivity contribution in [1.82, 2.24) is 0 Å². The summed E-state index contributed by atoms with van der Waals surface area (Å²) in [7, 11) is 0. The van der Waals surface area contributed by atoms with Gasteiger partial charge in [0.05, 0.1) is 11.5 Å². The second-order valence-corrected chi connectivity index (χ2v) is 4.91. The second kappa shape index (κ2) is 5.01. The van der Waals surface area contributed by atoms with E-state index in [1.54, 1.807) is 0 Å². The van der Waals surface area contributed by atoms with Gasteiger partial charge in [0, 0.05) is 6.42 Å². The number of ketones is 1. The fraction of sp³-hybridized carbons (Fsp3) is 0.533. The molecule has 1 saturated carbocycles. The molecule has 1 aliphatic rings. The quantitative estimate of drug-likeness (QED) is 0.869. The van der Waals surface area contributed by atoms with E-state index in [-0.39, 0.29) is 11.7 Å². The summed E-state index contributed by atoms with van der Waals surface area (Å²) in [6, 6.07) is 9.62. The Morgan fingerprint density at radius 1 is 1.29 bits per heavy atom. The number of hydrogen-bond donors (Lipinski definition) is 1. The van der Waals surface area contributed by atoms with Crippen LogP contribution in [-0.2, 0) is 10.4 Å². The molecule has 92 valence electrons. The minimum atomic E-state index is -0.973. The molecule has 1 N–H and O–H groups in total. The highest BCUT2D eigenvalue weighted by Crippen LogP contribution is 2.39. The molecule has 2 nitrogen and oxygen atoms in total. The zero-order valence-electron chi connectivity index (χ0n) is 10.4. The van der Waals surface area contributed by atoms with E-state index in [4.69, 9.17) is 0 Å². The highest BCUT2D eigenvalue weighted by Gasteiger charge is 2.41. The first-order valence-corrected chi connectivity index (χ1v) is 6.49. The summed E-state index contributed by atoms with van der Waals surface area (Å²) in [5.74, 6) is 0.00750. The van der Waals surface area contributed by atoms with E-state index in [9.17, 15) is 9.90 Å². The van der Waals surface area contributed by atoms with Gasteiger partial charge in [-0.05, 0) is 24.8 Å². The summed E-state index contributed by atoms with van der Waals surface area (Å²) in [6.07, 6.45) is 4.06. The van der Waals surface area contributed by atoms with Crippen molar-refractivity contribution >= 4 is 5.78 Å². The normalized spacial score (nSPS) is 24.4. The first-order valence-electron chi connectivity index (χ1n) is 6.49. The number of carbonyl (C=O) groups excluding carboxylic acids is 1. The smallest absolute Gasteiger partial charge is 0.139 e. The van der Waals surface area contributed by atoms with E-state index in [0.717, 1.165) is 24.8 Å². The van der Waals surface area contributed by atoms with Crippen molar-refractivity contribution in [2.75, 3.05) is 0 Å². The lowest BCUT2D eigenvalue weighted by Crippen LogP contribution is -2.41. The van der Waals surface area contributed by atoms with E-state index in [1.165, 1.54) is 0 Å². The molecule has 0 amide bonds. The van der Waals surface area contributed by atoms with Crippen LogP contribution in [0.25, 0.3) is 0 Å². The molecule has 0 radical (unpaired) electrons. The van der Waals surface area contributed by atoms with Gasteiger partial charge >= 0.3 is 0 Å². The summed E-state index contributed by atoms with van der Waals surface area (Å²) in [6.45, 7) is 1.95. The average Bonchev–Trinajstić information content (AvgIpc) is 2.39. The maximum Gasteiger partial charge on any atom is 0.139 e. The maximum atomic E-state index is 12.0. The topological polar surface area (TPSA) is 37.3 Å². The van der Waals surface area contributed by atoms with Gasteiger partial charge in [-0.3, -0.25) is 4.79 Å². The number of benzene rings is 1. The summed E-state index contributed by atoms with van der Waals surface area (Å²) < 4.78 is 0. The van der Waals surface area contributed by atoms with Crippen LogP contribution in [0.15, 0.2) is 30.3 Å². The number of Topliss-reactive ketones (excluding diaryl/α,β-unsaturated/α-hetero) is 1. The Kier molecular flexibility index (Phi) is 3.63. The molecule has 0 aromatic heterocycles. The van der Waals surface area contributed by atoms with Crippen LogP contribution in [0.2, 0.25) is 0 Å². The standard InChI is InChI=1S/C15H20O2/c1-2-15(17,12-8-4-3-5-9-12)13-10-6-7-11-14(13)16/h3-5,8-9,13,17H,2,6-7,10-11H2,1H3/t13-,15-/m1/s1. The Morgan fingerprint density at radius 3 is 2.59 bits per heavy atom. The minimum absolute atomic E-state index is 0.219. The van der Waals surface area contributed by atoms with Crippen molar-refractivity contribution in [3.8, 4) is 0 Å². The Balaban J connectivity index is 2.33. The molecule has 2 atom stereocenters. The Hall–Kier alpha value is -1.15. The van der Waals surface area contributed by atoms with Crippen molar-refractivity contribution in [2.45, 2.75) is 44.6 Å². The third-order valence-electron chi connectivity index (χ3n) is 3.94. The zero-order chi connectivity index (χ0) is 12.3. The molecule has 17 heavy (non-hydrogen) atoms. The van der Waals surface area contributed by atoms with E-state index >= 15 is 0 Å². The van der Waals surface area contributed by atoms with Crippen molar-refractivity contribution in [2.24, 2.45) is 5.92 Å². The van der Waals surface area contributed by atoms with Gasteiger partial charge in [-0.1, -0.05) is 43.7 Å². The van der Waals surface area contributed by atoms with Crippen LogP contribution in [0.5, 0.6) is 0 Å². The van der Waals surface area contributed by atoms with Gasteiger partial charge in [-0.15, -0.1) is 0 Å². The van der Waals surface area contributed by atoms with Crippen LogP contribution in [0.1, 0.15) is 44.6 Å². The van der Waals surface area contributed by atoms with Crippen LogP contribution < -0.4 is 0 Å². The molecule has 1 fully saturated rings. The largest absolute Gasteiger partial charge is 0.384 e. The van der Waals surface area contributed by atoms with Crippen LogP contribution in [0.4, 0.5) is 0 Å². The van der Waals surface area contributed by atoms with Crippen molar-refractivity contribution in [3.05, 3.63) is 35.9 Å². The average molecular weight is 232 g/mol. The Labute approximate surface area is 103 Å². The van der Waals surface area contributed by atoms with Gasteiger partial charge in [0.15, 0.2) is 0 Å². The predicted molar refractivity (Wildman–Crippen MR) is 67.6 cm³/mol. The monoisotopic (exact) mass is 232 g/mol. The van der Waals surface area contributed by atoms with Crippen molar-refractivity contribution in [3.63, 3.8) is 0 Å². The molecule has 1 aliphatic carbocycles. The van der Waals surface area contributed by atoms with Gasteiger partial charge in [0.1, 0.15) is 5.78 Å². The maximum absolute atomic E-state index is 12.0. The van der Waals surface area contributed by atoms with Crippen LogP contribution >= 0.6 is 0 Å². The first kappa shape index (κ1) is 12.3. The number of carbonyl (C=O) groups is 1. The van der Waals surface area contributed by atoms with Crippen molar-refractivity contribution in [1.29, 1.82) is 0 Å². The predicted octanol–water partition coefficient (Wildman–Crippen LogP) is 3.04. The lowest BCUT2D eigenvalue weighted by Gasteiger charge is -2.37. The van der Waals surface area contributed by atoms with Crippen molar-refractivity contribution < 1.29 is 9.90 Å². The molecule has 2 rings (SSSR count). The van der Waals surface area contributed by atoms with Crippen LogP contribution in [0, 0.1) is 5.92 Å². The van der Waals surface area contributed by atoms with Gasteiger partial charge < -0.3 is 5.11 Å². The van der Waals surface area contributed by atoms with Crippen LogP contribution in [-0.4, -0.2) is 10.9 Å². The minimum Gasteiger partial charge on any atom is -0.384 e. The van der Waals surface area contributed by atoms with Gasteiger partial charge in [-0.25, -0.2) is 0 Å². The lowest BCUT2D eigenvalue weighted by atomic mass is 9.71. The number of hydrogen-bond acceptors (Lipinski definition) is 2. The van der Waals surface area contributed by atoms with Crippen LogP contribution in [0.3, 0.4) is 0 Å². The molecular formula is C15H20O2. The Bertz CT molecular complexity index is 385. The lowest BCUT2D eigenvalue weighted by molar-refractivity contribution is -0.137. The summed E-state index contributed by atoms with van der Waals surface area (Å²) >= 11 is 0. The van der Waals surface area contributed by atoms with E-state index in [0.29, 0.717) is 12.8 Å². The molecule has 0 spiro atoms. The van der Waals surface area contributed by atoms with Gasteiger partial charge in [0.2, 0.25) is 0 Å². The summed E-state index contributed by atoms with van der Waals surface area (Å²) in [5, 5.41) is 10.9. The molecular weight excluding hydrogens is 212 g/mol. The number of rotatable bonds is 3. The Morgan fingerprint density at radius 2 is 2.00 bits per heavy atom. The number of aliphatic hydroxyl groups is 1. The first-order chi connectivity index (χ1) is 8.18. The van der Waals surface area contributed by atoms with E-state index in [2.05, 4.69) is 0 Å². The summed E-state index contributed by atoms with van der Waals surface area (Å²) in [5.41, 5.74) is -0.0959. The molecule has 1 aromatic carbocycles. The third-order valence-corrected chi connectivity index (χ3v) is 3.94. The highest BCUT2D eigenvalue weighted by atomic mass is 16.3. The summed E-state index contributed by atoms with van der Waals surface area (Å²) in [4.78, 5) is 12.0. The zero-order valence-corrected chi connectivity index (χ0v) is 10.4. The fourth-order valence-corrected chi connectivity index (χ4v) is 2.87. The molecule has 1 aromatic rings.